The Hall–Kier alpha value is -3.91. The second-order valence-electron chi connectivity index (χ2n) is 6.20. The number of hydrogen-bond donors (Lipinski definition) is 4. The van der Waals surface area contributed by atoms with E-state index in [2.05, 4.69) is 20.8 Å². The number of halogens is 1. The van der Waals surface area contributed by atoms with Crippen molar-refractivity contribution in [3.63, 3.8) is 0 Å². The van der Waals surface area contributed by atoms with Crippen LogP contribution in [0.2, 0.25) is 5.02 Å². The number of carbonyl (C=O) groups is 2. The number of aromatic amines is 1. The van der Waals surface area contributed by atoms with Gasteiger partial charge in [0.05, 0.1) is 27.3 Å². The van der Waals surface area contributed by atoms with Gasteiger partial charge in [0.2, 0.25) is 5.43 Å². The number of nitrogens with two attached hydrogens (primary N) is 1. The van der Waals surface area contributed by atoms with Crippen molar-refractivity contribution in [1.82, 2.24) is 20.8 Å². The lowest BCUT2D eigenvalue weighted by Gasteiger charge is -2.10. The van der Waals surface area contributed by atoms with Gasteiger partial charge in [-0.15, -0.1) is 0 Å². The number of hydrazine groups is 1. The van der Waals surface area contributed by atoms with Gasteiger partial charge in [-0.05, 0) is 18.2 Å². The Morgan fingerprint density at radius 3 is 2.45 bits per heavy atom. The van der Waals surface area contributed by atoms with E-state index in [1.807, 2.05) is 6.07 Å². The van der Waals surface area contributed by atoms with Crippen molar-refractivity contribution in [2.75, 3.05) is 5.73 Å². The van der Waals surface area contributed by atoms with Crippen molar-refractivity contribution < 1.29 is 9.59 Å². The third-order valence-electron chi connectivity index (χ3n) is 4.46. The Morgan fingerprint density at radius 1 is 0.966 bits per heavy atom. The maximum absolute atomic E-state index is 12.6. The molecule has 144 valence electrons. The van der Waals surface area contributed by atoms with E-state index in [1.54, 1.807) is 36.4 Å². The van der Waals surface area contributed by atoms with E-state index < -0.39 is 17.2 Å². The molecule has 4 aromatic rings. The molecule has 0 aliphatic rings. The van der Waals surface area contributed by atoms with Gasteiger partial charge in [-0.3, -0.25) is 30.2 Å². The number of anilines is 1. The van der Waals surface area contributed by atoms with Crippen LogP contribution >= 0.6 is 11.6 Å². The van der Waals surface area contributed by atoms with Crippen LogP contribution < -0.4 is 22.0 Å². The van der Waals surface area contributed by atoms with Gasteiger partial charge in [-0.25, -0.2) is 0 Å². The molecule has 0 bridgehead atoms. The Kier molecular flexibility index (Phi) is 4.61. The van der Waals surface area contributed by atoms with Crippen LogP contribution in [0.25, 0.3) is 21.8 Å². The molecule has 2 aromatic carbocycles. The minimum atomic E-state index is -0.784. The molecule has 2 amide bonds. The van der Waals surface area contributed by atoms with Gasteiger partial charge in [0, 0.05) is 23.2 Å². The second-order valence-corrected chi connectivity index (χ2v) is 6.61. The molecule has 5 N–H and O–H groups in total. The summed E-state index contributed by atoms with van der Waals surface area (Å²) in [4.78, 5) is 44.4. The molecular formula is C20H14ClN5O3. The first-order valence-electron chi connectivity index (χ1n) is 8.51. The Labute approximate surface area is 168 Å². The second kappa shape index (κ2) is 7.25. The molecular weight excluding hydrogens is 394 g/mol. The van der Waals surface area contributed by atoms with Crippen LogP contribution in [0.5, 0.6) is 0 Å². The first-order valence-corrected chi connectivity index (χ1v) is 8.89. The summed E-state index contributed by atoms with van der Waals surface area (Å²) in [6.07, 6.45) is 2.56. The highest BCUT2D eigenvalue weighted by Crippen LogP contribution is 2.22. The van der Waals surface area contributed by atoms with Crippen LogP contribution in [0, 0.1) is 0 Å². The summed E-state index contributed by atoms with van der Waals surface area (Å²) < 4.78 is 0. The molecule has 0 saturated carbocycles. The number of aromatic nitrogens is 2. The molecule has 0 aliphatic carbocycles. The van der Waals surface area contributed by atoms with E-state index in [1.165, 1.54) is 12.4 Å². The topological polar surface area (TPSA) is 130 Å². The number of fused-ring (bicyclic) bond motifs is 2. The average molecular weight is 408 g/mol. The number of carbonyl (C=O) groups excluding carboxylic acids is 2. The molecule has 0 unspecified atom stereocenters. The predicted octanol–water partition coefficient (Wildman–Crippen LogP) is 2.39. The summed E-state index contributed by atoms with van der Waals surface area (Å²) in [6.45, 7) is 0. The zero-order chi connectivity index (χ0) is 20.5. The highest BCUT2D eigenvalue weighted by Gasteiger charge is 2.17. The van der Waals surface area contributed by atoms with Crippen LogP contribution in [-0.2, 0) is 0 Å². The third-order valence-corrected chi connectivity index (χ3v) is 4.77. The number of nitrogens with zero attached hydrogens (tertiary/aromatic N) is 1. The lowest BCUT2D eigenvalue weighted by atomic mass is 10.1. The Morgan fingerprint density at radius 2 is 1.66 bits per heavy atom. The minimum absolute atomic E-state index is 0.100. The molecule has 0 radical (unpaired) electrons. The van der Waals surface area contributed by atoms with E-state index in [4.69, 9.17) is 17.3 Å². The molecule has 4 rings (SSSR count). The summed E-state index contributed by atoms with van der Waals surface area (Å²) in [7, 11) is 0. The van der Waals surface area contributed by atoms with Gasteiger partial charge >= 0.3 is 0 Å². The van der Waals surface area contributed by atoms with Crippen molar-refractivity contribution in [1.29, 1.82) is 0 Å². The number of benzene rings is 2. The molecule has 9 heteroatoms. The lowest BCUT2D eigenvalue weighted by Crippen LogP contribution is -2.43. The predicted molar refractivity (Wildman–Crippen MR) is 111 cm³/mol. The molecule has 0 saturated heterocycles. The molecule has 29 heavy (non-hydrogen) atoms. The number of pyridine rings is 2. The molecule has 2 aromatic heterocycles. The first kappa shape index (κ1) is 18.5. The number of nitrogen functional groups attached to an aromatic ring is 1. The van der Waals surface area contributed by atoms with Crippen LogP contribution in [0.3, 0.4) is 0 Å². The first-order chi connectivity index (χ1) is 14.0. The van der Waals surface area contributed by atoms with Crippen molar-refractivity contribution in [2.45, 2.75) is 0 Å². The van der Waals surface area contributed by atoms with Crippen molar-refractivity contribution in [2.24, 2.45) is 0 Å². The summed E-state index contributed by atoms with van der Waals surface area (Å²) in [5.41, 5.74) is 11.2. The summed E-state index contributed by atoms with van der Waals surface area (Å²) in [6, 6.07) is 11.9. The minimum Gasteiger partial charge on any atom is -0.397 e. The Bertz CT molecular complexity index is 1350. The van der Waals surface area contributed by atoms with Gasteiger partial charge in [0.1, 0.15) is 5.56 Å². The smallest absolute Gasteiger partial charge is 0.275 e. The summed E-state index contributed by atoms with van der Waals surface area (Å²) in [5.74, 6) is -1.44. The van der Waals surface area contributed by atoms with Crippen molar-refractivity contribution in [3.8, 4) is 0 Å². The fourth-order valence-electron chi connectivity index (χ4n) is 2.98. The average Bonchev–Trinajstić information content (AvgIpc) is 2.73. The zero-order valence-electron chi connectivity index (χ0n) is 14.8. The zero-order valence-corrected chi connectivity index (χ0v) is 15.6. The highest BCUT2D eigenvalue weighted by molar-refractivity contribution is 6.35. The quantitative estimate of drug-likeness (QED) is 0.379. The maximum atomic E-state index is 12.6. The monoisotopic (exact) mass is 407 g/mol. The van der Waals surface area contributed by atoms with E-state index in [0.29, 0.717) is 21.4 Å². The van der Waals surface area contributed by atoms with Crippen LogP contribution in [0.4, 0.5) is 5.69 Å². The molecule has 0 fully saturated rings. The molecule has 0 aliphatic heterocycles. The van der Waals surface area contributed by atoms with E-state index >= 15 is 0 Å². The van der Waals surface area contributed by atoms with E-state index in [-0.39, 0.29) is 22.2 Å². The van der Waals surface area contributed by atoms with Crippen LogP contribution in [-0.4, -0.2) is 21.8 Å². The number of rotatable bonds is 2. The lowest BCUT2D eigenvalue weighted by molar-refractivity contribution is 0.0846. The van der Waals surface area contributed by atoms with E-state index in [0.717, 1.165) is 0 Å². The van der Waals surface area contributed by atoms with Crippen molar-refractivity contribution in [3.05, 3.63) is 81.2 Å². The molecule has 2 heterocycles. The van der Waals surface area contributed by atoms with Crippen molar-refractivity contribution >= 4 is 50.9 Å². The molecule has 8 nitrogen and oxygen atoms in total. The molecule has 0 atom stereocenters. The maximum Gasteiger partial charge on any atom is 0.275 e. The number of nitrogens with one attached hydrogen (secondary N) is 3. The van der Waals surface area contributed by atoms with Gasteiger partial charge in [0.15, 0.2) is 0 Å². The SMILES string of the molecule is Nc1c(C(=O)NNC(=O)c2c[nH]c3c(Cl)cccc3c2=O)cnc2ccccc12. The standard InChI is InChI=1S/C20H14ClN5O3/c21-14-6-3-5-11-17(14)24-9-13(18(11)27)20(29)26-25-19(28)12-8-23-15-7-2-1-4-10(15)16(12)22/h1-9H,(H2,22,23)(H,24,27)(H,25,28)(H,26,29). The summed E-state index contributed by atoms with van der Waals surface area (Å²) in [5, 5.41) is 1.24. The number of para-hydroxylation sites is 2. The molecule has 0 spiro atoms. The normalized spacial score (nSPS) is 10.8. The largest absolute Gasteiger partial charge is 0.397 e. The van der Waals surface area contributed by atoms with Gasteiger partial charge in [-0.1, -0.05) is 35.9 Å². The van der Waals surface area contributed by atoms with Crippen LogP contribution in [0.15, 0.2) is 59.7 Å². The van der Waals surface area contributed by atoms with E-state index in [9.17, 15) is 14.4 Å². The fraction of sp³-hybridized carbons (Fsp3) is 0. The van der Waals surface area contributed by atoms with Gasteiger partial charge in [-0.2, -0.15) is 0 Å². The third kappa shape index (κ3) is 3.26. The number of amides is 2. The van der Waals surface area contributed by atoms with Gasteiger partial charge in [0.25, 0.3) is 11.8 Å². The van der Waals surface area contributed by atoms with Crippen LogP contribution in [0.1, 0.15) is 20.7 Å². The number of hydrogen-bond acceptors (Lipinski definition) is 5. The Balaban J connectivity index is 1.57. The summed E-state index contributed by atoms with van der Waals surface area (Å²) >= 11 is 6.04. The fourth-order valence-corrected chi connectivity index (χ4v) is 3.20. The number of H-pyrrole nitrogens is 1. The van der Waals surface area contributed by atoms with Gasteiger partial charge < -0.3 is 10.7 Å². The highest BCUT2D eigenvalue weighted by atomic mass is 35.5.